The number of carbonyl (C=O) groups excluding carboxylic acids is 1. The van der Waals surface area contributed by atoms with Gasteiger partial charge in [-0.3, -0.25) is 4.79 Å². The molecule has 0 aromatic carbocycles. The van der Waals surface area contributed by atoms with E-state index in [4.69, 9.17) is 15.2 Å². The largest absolute Gasteiger partial charge is 0.382 e. The van der Waals surface area contributed by atoms with Gasteiger partial charge in [0.2, 0.25) is 5.91 Å². The molecule has 1 unspecified atom stereocenters. The summed E-state index contributed by atoms with van der Waals surface area (Å²) in [5.74, 6) is 0.0275. The van der Waals surface area contributed by atoms with Crippen LogP contribution < -0.4 is 11.1 Å². The molecule has 3 N–H and O–H groups in total. The first-order valence-corrected chi connectivity index (χ1v) is 5.19. The minimum Gasteiger partial charge on any atom is -0.382 e. The molecule has 0 fully saturated rings. The highest BCUT2D eigenvalue weighted by atomic mass is 16.5. The van der Waals surface area contributed by atoms with E-state index in [9.17, 15) is 4.79 Å². The minimum absolute atomic E-state index is 0.125. The van der Waals surface area contributed by atoms with Crippen molar-refractivity contribution in [2.45, 2.75) is 19.9 Å². The predicted octanol–water partition coefficient (Wildman–Crippen LogP) is -0.251. The Morgan fingerprint density at radius 2 is 2.00 bits per heavy atom. The summed E-state index contributed by atoms with van der Waals surface area (Å²) in [6, 6.07) is -0.441. The van der Waals surface area contributed by atoms with Gasteiger partial charge in [-0.15, -0.1) is 0 Å². The van der Waals surface area contributed by atoms with Gasteiger partial charge in [0.25, 0.3) is 0 Å². The SMILES string of the molecule is COCCOCCNC(=O)C(N)C(C)C. The molecule has 0 aromatic rings. The Kier molecular flexibility index (Phi) is 8.27. The quantitative estimate of drug-likeness (QED) is 0.551. The van der Waals surface area contributed by atoms with Gasteiger partial charge in [-0.2, -0.15) is 0 Å². The van der Waals surface area contributed by atoms with E-state index in [0.717, 1.165) is 0 Å². The summed E-state index contributed by atoms with van der Waals surface area (Å²) in [5, 5.41) is 2.71. The molecular formula is C10H22N2O3. The van der Waals surface area contributed by atoms with E-state index in [1.807, 2.05) is 13.8 Å². The lowest BCUT2D eigenvalue weighted by molar-refractivity contribution is -0.123. The topological polar surface area (TPSA) is 73.6 Å². The molecule has 0 saturated heterocycles. The molecule has 0 radical (unpaired) electrons. The number of carbonyl (C=O) groups is 1. The highest BCUT2D eigenvalue weighted by Gasteiger charge is 2.15. The molecular weight excluding hydrogens is 196 g/mol. The lowest BCUT2D eigenvalue weighted by atomic mass is 10.1. The minimum atomic E-state index is -0.441. The number of ether oxygens (including phenoxy) is 2. The van der Waals surface area contributed by atoms with Gasteiger partial charge in [-0.25, -0.2) is 0 Å². The summed E-state index contributed by atoms with van der Waals surface area (Å²) in [4.78, 5) is 11.4. The van der Waals surface area contributed by atoms with Crippen LogP contribution in [0.3, 0.4) is 0 Å². The number of methoxy groups -OCH3 is 1. The first-order chi connectivity index (χ1) is 7.09. The third-order valence-electron chi connectivity index (χ3n) is 2.00. The van der Waals surface area contributed by atoms with Crippen molar-refractivity contribution in [2.24, 2.45) is 11.7 Å². The molecule has 0 aromatic heterocycles. The fraction of sp³-hybridized carbons (Fsp3) is 0.900. The van der Waals surface area contributed by atoms with Crippen LogP contribution in [0.2, 0.25) is 0 Å². The van der Waals surface area contributed by atoms with Gasteiger partial charge in [-0.1, -0.05) is 13.8 Å². The Morgan fingerprint density at radius 1 is 1.33 bits per heavy atom. The van der Waals surface area contributed by atoms with Crippen molar-refractivity contribution >= 4 is 5.91 Å². The van der Waals surface area contributed by atoms with Crippen LogP contribution in [-0.2, 0) is 14.3 Å². The number of nitrogens with two attached hydrogens (primary N) is 1. The van der Waals surface area contributed by atoms with Crippen molar-refractivity contribution in [3.8, 4) is 0 Å². The van der Waals surface area contributed by atoms with Gasteiger partial charge in [0.15, 0.2) is 0 Å². The van der Waals surface area contributed by atoms with Crippen molar-refractivity contribution < 1.29 is 14.3 Å². The molecule has 0 rings (SSSR count). The maximum atomic E-state index is 11.4. The summed E-state index contributed by atoms with van der Waals surface area (Å²) in [6.07, 6.45) is 0. The molecule has 0 aliphatic carbocycles. The molecule has 1 atom stereocenters. The van der Waals surface area contributed by atoms with E-state index in [-0.39, 0.29) is 11.8 Å². The number of rotatable bonds is 8. The van der Waals surface area contributed by atoms with E-state index in [1.54, 1.807) is 7.11 Å². The lowest BCUT2D eigenvalue weighted by Gasteiger charge is -2.15. The molecule has 0 heterocycles. The van der Waals surface area contributed by atoms with Crippen LogP contribution in [0.4, 0.5) is 0 Å². The molecule has 5 heteroatoms. The molecule has 0 saturated carbocycles. The smallest absolute Gasteiger partial charge is 0.237 e. The highest BCUT2D eigenvalue weighted by molar-refractivity contribution is 5.81. The summed E-state index contributed by atoms with van der Waals surface area (Å²) in [7, 11) is 1.62. The Balaban J connectivity index is 3.39. The fourth-order valence-electron chi connectivity index (χ4n) is 0.911. The summed E-state index contributed by atoms with van der Waals surface area (Å²) < 4.78 is 9.99. The molecule has 90 valence electrons. The van der Waals surface area contributed by atoms with E-state index in [0.29, 0.717) is 26.4 Å². The second kappa shape index (κ2) is 8.64. The number of amides is 1. The zero-order chi connectivity index (χ0) is 11.7. The Hall–Kier alpha value is -0.650. The third-order valence-corrected chi connectivity index (χ3v) is 2.00. The first-order valence-electron chi connectivity index (χ1n) is 5.19. The van der Waals surface area contributed by atoms with Crippen LogP contribution in [0.5, 0.6) is 0 Å². The van der Waals surface area contributed by atoms with E-state index in [1.165, 1.54) is 0 Å². The predicted molar refractivity (Wildman–Crippen MR) is 58.5 cm³/mol. The average molecular weight is 218 g/mol. The highest BCUT2D eigenvalue weighted by Crippen LogP contribution is 1.97. The van der Waals surface area contributed by atoms with Crippen LogP contribution in [-0.4, -0.2) is 45.4 Å². The third kappa shape index (κ3) is 7.30. The number of hydrogen-bond donors (Lipinski definition) is 2. The summed E-state index contributed by atoms with van der Waals surface area (Å²) in [6.45, 7) is 5.92. The van der Waals surface area contributed by atoms with E-state index >= 15 is 0 Å². The van der Waals surface area contributed by atoms with Gasteiger partial charge in [-0.05, 0) is 5.92 Å². The molecule has 5 nitrogen and oxygen atoms in total. The molecule has 0 bridgehead atoms. The first kappa shape index (κ1) is 14.3. The molecule has 1 amide bonds. The zero-order valence-electron chi connectivity index (χ0n) is 9.79. The van der Waals surface area contributed by atoms with Gasteiger partial charge in [0.1, 0.15) is 0 Å². The Labute approximate surface area is 91.3 Å². The number of hydrogen-bond acceptors (Lipinski definition) is 4. The van der Waals surface area contributed by atoms with Crippen molar-refractivity contribution in [3.63, 3.8) is 0 Å². The van der Waals surface area contributed by atoms with E-state index in [2.05, 4.69) is 5.32 Å². The van der Waals surface area contributed by atoms with Crippen LogP contribution in [0.1, 0.15) is 13.8 Å². The van der Waals surface area contributed by atoms with Gasteiger partial charge in [0.05, 0.1) is 25.9 Å². The number of nitrogens with one attached hydrogen (secondary N) is 1. The lowest BCUT2D eigenvalue weighted by Crippen LogP contribution is -2.44. The van der Waals surface area contributed by atoms with Gasteiger partial charge < -0.3 is 20.5 Å². The van der Waals surface area contributed by atoms with Gasteiger partial charge >= 0.3 is 0 Å². The standard InChI is InChI=1S/C10H22N2O3/c1-8(2)9(11)10(13)12-4-5-15-7-6-14-3/h8-9H,4-7,11H2,1-3H3,(H,12,13). The van der Waals surface area contributed by atoms with Crippen molar-refractivity contribution in [2.75, 3.05) is 33.5 Å². The molecule has 15 heavy (non-hydrogen) atoms. The Bertz CT molecular complexity index is 174. The van der Waals surface area contributed by atoms with Crippen LogP contribution in [0.15, 0.2) is 0 Å². The second-order valence-corrected chi connectivity index (χ2v) is 3.67. The van der Waals surface area contributed by atoms with Crippen molar-refractivity contribution in [3.05, 3.63) is 0 Å². The zero-order valence-corrected chi connectivity index (χ0v) is 9.79. The van der Waals surface area contributed by atoms with Crippen LogP contribution >= 0.6 is 0 Å². The monoisotopic (exact) mass is 218 g/mol. The van der Waals surface area contributed by atoms with Gasteiger partial charge in [0, 0.05) is 13.7 Å². The second-order valence-electron chi connectivity index (χ2n) is 3.67. The maximum absolute atomic E-state index is 11.4. The van der Waals surface area contributed by atoms with Crippen molar-refractivity contribution in [1.82, 2.24) is 5.32 Å². The fourth-order valence-corrected chi connectivity index (χ4v) is 0.911. The summed E-state index contributed by atoms with van der Waals surface area (Å²) in [5.41, 5.74) is 5.65. The van der Waals surface area contributed by atoms with Crippen LogP contribution in [0, 0.1) is 5.92 Å². The van der Waals surface area contributed by atoms with Crippen molar-refractivity contribution in [1.29, 1.82) is 0 Å². The average Bonchev–Trinajstić information content (AvgIpc) is 2.21. The van der Waals surface area contributed by atoms with E-state index < -0.39 is 6.04 Å². The summed E-state index contributed by atoms with van der Waals surface area (Å²) >= 11 is 0. The normalized spacial score (nSPS) is 12.9. The van der Waals surface area contributed by atoms with Crippen LogP contribution in [0.25, 0.3) is 0 Å². The Morgan fingerprint density at radius 3 is 2.53 bits per heavy atom. The maximum Gasteiger partial charge on any atom is 0.237 e. The molecule has 0 aliphatic heterocycles. The molecule has 0 spiro atoms. The molecule has 0 aliphatic rings.